The topological polar surface area (TPSA) is 51.6 Å². The highest BCUT2D eigenvalue weighted by atomic mass is 32.2. The molecule has 0 N–H and O–H groups in total. The van der Waals surface area contributed by atoms with E-state index in [0.29, 0.717) is 0 Å². The third kappa shape index (κ3) is 3.20. The molecule has 20 heavy (non-hydrogen) atoms. The quantitative estimate of drug-likeness (QED) is 0.689. The van der Waals surface area contributed by atoms with Gasteiger partial charge in [-0.25, -0.2) is 0 Å². The van der Waals surface area contributed by atoms with Gasteiger partial charge in [-0.15, -0.1) is 10.2 Å². The van der Waals surface area contributed by atoms with Gasteiger partial charge in [-0.1, -0.05) is 52.9 Å². The first-order valence-electron chi connectivity index (χ1n) is 6.09. The van der Waals surface area contributed by atoms with E-state index in [1.54, 1.807) is 41.7 Å². The van der Waals surface area contributed by atoms with E-state index in [4.69, 9.17) is 0 Å². The summed E-state index contributed by atoms with van der Waals surface area (Å²) in [4.78, 5) is 8.27. The smallest absolute Gasteiger partial charge is 0.175 e. The molecule has 0 saturated heterocycles. The zero-order valence-corrected chi connectivity index (χ0v) is 12.5. The van der Waals surface area contributed by atoms with E-state index in [1.165, 1.54) is 11.1 Å². The number of hydrogen-bond donors (Lipinski definition) is 0. The zero-order chi connectivity index (χ0) is 13.8. The van der Waals surface area contributed by atoms with Crippen molar-refractivity contribution >= 4 is 23.1 Å². The maximum absolute atomic E-state index is 4.23. The first-order valence-corrected chi connectivity index (χ1v) is 7.90. The molecule has 100 valence electrons. The van der Waals surface area contributed by atoms with Crippen molar-refractivity contribution in [1.29, 1.82) is 0 Å². The van der Waals surface area contributed by atoms with Crippen molar-refractivity contribution in [3.05, 3.63) is 54.0 Å². The molecule has 0 bridgehead atoms. The fourth-order valence-electron chi connectivity index (χ4n) is 1.61. The van der Waals surface area contributed by atoms with Gasteiger partial charge < -0.3 is 0 Å². The minimum atomic E-state index is 0.771. The summed E-state index contributed by atoms with van der Waals surface area (Å²) in [6, 6.07) is 8.54. The van der Waals surface area contributed by atoms with Crippen molar-refractivity contribution in [2.24, 2.45) is 0 Å². The molecule has 1 aromatic carbocycles. The van der Waals surface area contributed by atoms with Gasteiger partial charge in [0.1, 0.15) is 5.69 Å². The Bertz CT molecular complexity index is 680. The third-order valence-corrected chi connectivity index (χ3v) is 4.82. The highest BCUT2D eigenvalue weighted by Crippen LogP contribution is 2.29. The van der Waals surface area contributed by atoms with Gasteiger partial charge >= 0.3 is 0 Å². The molecule has 4 nitrogen and oxygen atoms in total. The number of benzene rings is 1. The molecule has 0 spiro atoms. The zero-order valence-electron chi connectivity index (χ0n) is 10.9. The molecule has 0 amide bonds. The predicted octanol–water partition coefficient (Wildman–Crippen LogP) is 3.60. The molecule has 3 aromatic rings. The van der Waals surface area contributed by atoms with Crippen LogP contribution in [0.3, 0.4) is 0 Å². The van der Waals surface area contributed by atoms with Crippen molar-refractivity contribution in [1.82, 2.24) is 20.2 Å². The summed E-state index contributed by atoms with van der Waals surface area (Å²) in [5, 5.41) is 9.16. The normalized spacial score (nSPS) is 10.7. The van der Waals surface area contributed by atoms with E-state index in [0.717, 1.165) is 20.8 Å². The molecule has 2 aromatic heterocycles. The molecule has 0 atom stereocenters. The Balaban J connectivity index is 1.67. The average molecular weight is 300 g/mol. The maximum Gasteiger partial charge on any atom is 0.175 e. The molecule has 0 aliphatic rings. The average Bonchev–Trinajstić information content (AvgIpc) is 2.97. The highest BCUT2D eigenvalue weighted by molar-refractivity contribution is 8.00. The summed E-state index contributed by atoms with van der Waals surface area (Å²) in [5.74, 6) is 0.898. The minimum Gasteiger partial charge on any atom is -0.261 e. The van der Waals surface area contributed by atoms with Crippen LogP contribution in [0.15, 0.2) is 47.2 Å². The molecule has 0 unspecified atom stereocenters. The number of rotatable bonds is 4. The Morgan fingerprint density at radius 2 is 1.95 bits per heavy atom. The second-order valence-corrected chi connectivity index (χ2v) is 6.44. The van der Waals surface area contributed by atoms with E-state index in [2.05, 4.69) is 51.4 Å². The first kappa shape index (κ1) is 13.2. The van der Waals surface area contributed by atoms with Crippen LogP contribution in [-0.2, 0) is 5.75 Å². The molecule has 0 aliphatic carbocycles. The SMILES string of the molecule is Cc1ccc(CSc2nnc(-c3cnccn3)s2)cc1. The summed E-state index contributed by atoms with van der Waals surface area (Å²) in [5.41, 5.74) is 3.34. The molecule has 6 heteroatoms. The maximum atomic E-state index is 4.23. The summed E-state index contributed by atoms with van der Waals surface area (Å²) in [7, 11) is 0. The number of hydrogen-bond acceptors (Lipinski definition) is 6. The molecule has 0 saturated carbocycles. The van der Waals surface area contributed by atoms with Gasteiger partial charge in [-0.3, -0.25) is 9.97 Å². The van der Waals surface area contributed by atoms with Gasteiger partial charge in [-0.2, -0.15) is 0 Å². The van der Waals surface area contributed by atoms with Gasteiger partial charge in [0.25, 0.3) is 0 Å². The molecular formula is C14H12N4S2. The van der Waals surface area contributed by atoms with Crippen molar-refractivity contribution < 1.29 is 0 Å². The Morgan fingerprint density at radius 1 is 1.10 bits per heavy atom. The third-order valence-electron chi connectivity index (χ3n) is 2.67. The Kier molecular flexibility index (Phi) is 4.03. The van der Waals surface area contributed by atoms with Crippen LogP contribution < -0.4 is 0 Å². The Hall–Kier alpha value is -1.79. The fraction of sp³-hybridized carbons (Fsp3) is 0.143. The lowest BCUT2D eigenvalue weighted by Gasteiger charge is -1.98. The summed E-state index contributed by atoms with van der Waals surface area (Å²) >= 11 is 3.24. The van der Waals surface area contributed by atoms with E-state index < -0.39 is 0 Å². The van der Waals surface area contributed by atoms with Crippen LogP contribution >= 0.6 is 23.1 Å². The van der Waals surface area contributed by atoms with E-state index in [9.17, 15) is 0 Å². The van der Waals surface area contributed by atoms with Crippen molar-refractivity contribution in [2.75, 3.05) is 0 Å². The van der Waals surface area contributed by atoms with Crippen LogP contribution in [0.2, 0.25) is 0 Å². The minimum absolute atomic E-state index is 0.771. The Morgan fingerprint density at radius 3 is 2.70 bits per heavy atom. The second-order valence-electron chi connectivity index (χ2n) is 4.24. The van der Waals surface area contributed by atoms with Crippen LogP contribution in [-0.4, -0.2) is 20.2 Å². The lowest BCUT2D eigenvalue weighted by molar-refractivity contribution is 1.01. The lowest BCUT2D eigenvalue weighted by atomic mass is 10.2. The molecule has 2 heterocycles. The Labute approximate surface area is 125 Å². The van der Waals surface area contributed by atoms with Crippen LogP contribution in [0.25, 0.3) is 10.7 Å². The molecule has 0 radical (unpaired) electrons. The van der Waals surface area contributed by atoms with Gasteiger partial charge in [0.2, 0.25) is 0 Å². The van der Waals surface area contributed by atoms with E-state index in [-0.39, 0.29) is 0 Å². The molecule has 0 fully saturated rings. The number of nitrogens with zero attached hydrogens (tertiary/aromatic N) is 4. The number of thioether (sulfide) groups is 1. The largest absolute Gasteiger partial charge is 0.261 e. The van der Waals surface area contributed by atoms with Crippen molar-refractivity contribution in [3.8, 4) is 10.7 Å². The van der Waals surface area contributed by atoms with Crippen molar-refractivity contribution in [3.63, 3.8) is 0 Å². The van der Waals surface area contributed by atoms with Gasteiger partial charge in [0.05, 0.1) is 6.20 Å². The van der Waals surface area contributed by atoms with Gasteiger partial charge in [-0.05, 0) is 12.5 Å². The van der Waals surface area contributed by atoms with Crippen molar-refractivity contribution in [2.45, 2.75) is 17.0 Å². The van der Waals surface area contributed by atoms with Crippen LogP contribution in [0.1, 0.15) is 11.1 Å². The second kappa shape index (κ2) is 6.11. The first-order chi connectivity index (χ1) is 9.81. The van der Waals surface area contributed by atoms with E-state index >= 15 is 0 Å². The van der Waals surface area contributed by atoms with E-state index in [1.807, 2.05) is 0 Å². The van der Waals surface area contributed by atoms with Crippen LogP contribution in [0.4, 0.5) is 0 Å². The standard InChI is InChI=1S/C14H12N4S2/c1-10-2-4-11(5-3-10)9-19-14-18-17-13(20-14)12-8-15-6-7-16-12/h2-8H,9H2,1H3. The van der Waals surface area contributed by atoms with Gasteiger partial charge in [0, 0.05) is 18.1 Å². The molecular weight excluding hydrogens is 288 g/mol. The molecule has 0 aliphatic heterocycles. The fourth-order valence-corrected chi connectivity index (χ4v) is 3.38. The summed E-state index contributed by atoms with van der Waals surface area (Å²) in [6.07, 6.45) is 5.02. The van der Waals surface area contributed by atoms with Gasteiger partial charge in [0.15, 0.2) is 9.35 Å². The molecule has 3 rings (SSSR count). The summed E-state index contributed by atoms with van der Waals surface area (Å²) in [6.45, 7) is 2.09. The monoisotopic (exact) mass is 300 g/mol. The lowest BCUT2D eigenvalue weighted by Crippen LogP contribution is -1.82. The number of aryl methyl sites for hydroxylation is 1. The predicted molar refractivity (Wildman–Crippen MR) is 81.7 cm³/mol. The summed E-state index contributed by atoms with van der Waals surface area (Å²) < 4.78 is 0.950. The van der Waals surface area contributed by atoms with Crippen LogP contribution in [0.5, 0.6) is 0 Å². The van der Waals surface area contributed by atoms with Crippen LogP contribution in [0, 0.1) is 6.92 Å². The number of aromatic nitrogens is 4. The highest BCUT2D eigenvalue weighted by Gasteiger charge is 2.08.